The Morgan fingerprint density at radius 3 is 2.53 bits per heavy atom. The van der Waals surface area contributed by atoms with Crippen molar-refractivity contribution in [3.05, 3.63) is 28.5 Å². The van der Waals surface area contributed by atoms with Crippen molar-refractivity contribution in [1.29, 1.82) is 0 Å². The van der Waals surface area contributed by atoms with Crippen LogP contribution in [0.15, 0.2) is 32.7 Å². The van der Waals surface area contributed by atoms with Crippen LogP contribution in [0.2, 0.25) is 0 Å². The lowest BCUT2D eigenvalue weighted by Crippen LogP contribution is -2.26. The Bertz CT molecular complexity index is 425. The highest BCUT2D eigenvalue weighted by molar-refractivity contribution is 9.10. The third-order valence-corrected chi connectivity index (χ3v) is 2.06. The molecule has 0 bridgehead atoms. The second-order valence-electron chi connectivity index (χ2n) is 2.60. The molecule has 0 amide bonds. The third kappa shape index (κ3) is 3.55. The first-order valence-electron chi connectivity index (χ1n) is 3.88. The average Bonchev–Trinajstić information content (AvgIpc) is 2.10. The molecule has 1 aromatic carbocycles. The summed E-state index contributed by atoms with van der Waals surface area (Å²) in [5, 5.41) is 0. The van der Waals surface area contributed by atoms with Crippen molar-refractivity contribution in [2.24, 2.45) is 27.2 Å². The largest absolute Gasteiger partial charge is 0.370 e. The molecule has 0 aromatic heterocycles. The molecule has 0 saturated heterocycles. The fourth-order valence-corrected chi connectivity index (χ4v) is 1.19. The van der Waals surface area contributed by atoms with E-state index in [2.05, 4.69) is 25.9 Å². The molecule has 0 heterocycles. The zero-order valence-electron chi connectivity index (χ0n) is 7.61. The van der Waals surface area contributed by atoms with E-state index < -0.39 is 5.82 Å². The minimum absolute atomic E-state index is 0.138. The van der Waals surface area contributed by atoms with Crippen molar-refractivity contribution in [2.45, 2.75) is 0 Å². The monoisotopic (exact) mass is 273 g/mol. The van der Waals surface area contributed by atoms with E-state index in [9.17, 15) is 4.39 Å². The maximum absolute atomic E-state index is 12.8. The topological polar surface area (TPSA) is 103 Å². The third-order valence-electron chi connectivity index (χ3n) is 1.39. The molecule has 7 heteroatoms. The summed E-state index contributed by atoms with van der Waals surface area (Å²) in [5.74, 6) is -0.764. The molecule has 0 fully saturated rings. The minimum atomic E-state index is -0.422. The first-order chi connectivity index (χ1) is 6.99. The molecular formula is C8H9BrFN5. The zero-order chi connectivity index (χ0) is 11.4. The molecule has 0 aliphatic heterocycles. The smallest absolute Gasteiger partial charge is 0.223 e. The summed E-state index contributed by atoms with van der Waals surface area (Å²) in [5.41, 5.74) is 15.9. The lowest BCUT2D eigenvalue weighted by Gasteiger charge is -1.99. The van der Waals surface area contributed by atoms with E-state index in [0.29, 0.717) is 10.2 Å². The number of rotatable bonds is 1. The van der Waals surface area contributed by atoms with Gasteiger partial charge in [0.2, 0.25) is 5.96 Å². The highest BCUT2D eigenvalue weighted by Crippen LogP contribution is 2.25. The van der Waals surface area contributed by atoms with Crippen LogP contribution in [-0.4, -0.2) is 11.9 Å². The van der Waals surface area contributed by atoms with Crippen LogP contribution in [-0.2, 0) is 0 Å². The van der Waals surface area contributed by atoms with Gasteiger partial charge in [0.15, 0.2) is 5.96 Å². The van der Waals surface area contributed by atoms with Crippen LogP contribution in [0.5, 0.6) is 0 Å². The van der Waals surface area contributed by atoms with E-state index in [4.69, 9.17) is 17.2 Å². The van der Waals surface area contributed by atoms with Gasteiger partial charge < -0.3 is 17.2 Å². The summed E-state index contributed by atoms with van der Waals surface area (Å²) in [7, 11) is 0. The van der Waals surface area contributed by atoms with Gasteiger partial charge >= 0.3 is 0 Å². The van der Waals surface area contributed by atoms with Gasteiger partial charge in [-0.2, -0.15) is 4.99 Å². The van der Waals surface area contributed by atoms with Crippen molar-refractivity contribution in [3.63, 3.8) is 0 Å². The van der Waals surface area contributed by atoms with Crippen molar-refractivity contribution in [1.82, 2.24) is 0 Å². The summed E-state index contributed by atoms with van der Waals surface area (Å²) in [4.78, 5) is 7.32. The molecule has 15 heavy (non-hydrogen) atoms. The first-order valence-corrected chi connectivity index (χ1v) is 4.67. The van der Waals surface area contributed by atoms with Gasteiger partial charge in [-0.3, -0.25) is 0 Å². The first kappa shape index (κ1) is 11.4. The maximum atomic E-state index is 12.8. The van der Waals surface area contributed by atoms with Gasteiger partial charge in [-0.05, 0) is 28.1 Å². The van der Waals surface area contributed by atoms with Gasteiger partial charge in [-0.1, -0.05) is 0 Å². The molecular weight excluding hydrogens is 265 g/mol. The van der Waals surface area contributed by atoms with Crippen LogP contribution in [0.25, 0.3) is 0 Å². The van der Waals surface area contributed by atoms with Gasteiger partial charge in [-0.15, -0.1) is 0 Å². The Balaban J connectivity index is 3.07. The molecule has 0 atom stereocenters. The number of benzene rings is 1. The fourth-order valence-electron chi connectivity index (χ4n) is 0.852. The summed E-state index contributed by atoms with van der Waals surface area (Å²) < 4.78 is 13.4. The number of halogens is 2. The van der Waals surface area contributed by atoms with Crippen LogP contribution >= 0.6 is 15.9 Å². The standard InChI is InChI=1S/C8H9BrFN5/c9-5-2-1-4(10)3-6(5)14-8(13)15-7(11)12/h1-3H,(H6,11,12,13,14,15). The second-order valence-corrected chi connectivity index (χ2v) is 3.46. The van der Waals surface area contributed by atoms with E-state index in [1.54, 1.807) is 0 Å². The molecule has 80 valence electrons. The second kappa shape index (κ2) is 4.74. The highest BCUT2D eigenvalue weighted by Gasteiger charge is 2.01. The highest BCUT2D eigenvalue weighted by atomic mass is 79.9. The Morgan fingerprint density at radius 2 is 1.93 bits per heavy atom. The number of hydrogen-bond acceptors (Lipinski definition) is 1. The number of hydrogen-bond donors (Lipinski definition) is 3. The van der Waals surface area contributed by atoms with Crippen LogP contribution in [0, 0.1) is 5.82 Å². The van der Waals surface area contributed by atoms with Crippen LogP contribution in [0.1, 0.15) is 0 Å². The predicted octanol–water partition coefficient (Wildman–Crippen LogP) is 0.808. The molecule has 0 unspecified atom stereocenters. The van der Waals surface area contributed by atoms with Gasteiger partial charge in [0.05, 0.1) is 5.69 Å². The number of aliphatic imine (C=N–C) groups is 2. The van der Waals surface area contributed by atoms with E-state index >= 15 is 0 Å². The van der Waals surface area contributed by atoms with Crippen molar-refractivity contribution in [2.75, 3.05) is 0 Å². The molecule has 0 aliphatic rings. The predicted molar refractivity (Wildman–Crippen MR) is 61.2 cm³/mol. The molecule has 5 nitrogen and oxygen atoms in total. The van der Waals surface area contributed by atoms with Gasteiger partial charge in [0.25, 0.3) is 0 Å². The quantitative estimate of drug-likeness (QED) is 0.521. The van der Waals surface area contributed by atoms with Crippen molar-refractivity contribution >= 4 is 33.5 Å². The fraction of sp³-hybridized carbons (Fsp3) is 0. The molecule has 6 N–H and O–H groups in total. The molecule has 1 rings (SSSR count). The van der Waals surface area contributed by atoms with Crippen LogP contribution in [0.3, 0.4) is 0 Å². The molecule has 1 aromatic rings. The van der Waals surface area contributed by atoms with Crippen LogP contribution < -0.4 is 17.2 Å². The summed E-state index contributed by atoms with van der Waals surface area (Å²) in [6, 6.07) is 4.01. The average molecular weight is 274 g/mol. The maximum Gasteiger partial charge on any atom is 0.223 e. The SMILES string of the molecule is NC(N)=NC(N)=Nc1cc(F)ccc1Br. The summed E-state index contributed by atoms with van der Waals surface area (Å²) in [6.07, 6.45) is 0. The van der Waals surface area contributed by atoms with Crippen molar-refractivity contribution < 1.29 is 4.39 Å². The molecule has 0 saturated carbocycles. The zero-order valence-corrected chi connectivity index (χ0v) is 9.20. The molecule has 0 aliphatic carbocycles. The van der Waals surface area contributed by atoms with Gasteiger partial charge in [-0.25, -0.2) is 9.38 Å². The normalized spacial score (nSPS) is 11.2. The number of nitrogens with zero attached hydrogens (tertiary/aromatic N) is 2. The van der Waals surface area contributed by atoms with Gasteiger partial charge in [0.1, 0.15) is 5.82 Å². The minimum Gasteiger partial charge on any atom is -0.370 e. The van der Waals surface area contributed by atoms with Crippen molar-refractivity contribution in [3.8, 4) is 0 Å². The molecule has 0 spiro atoms. The number of guanidine groups is 2. The van der Waals surface area contributed by atoms with E-state index in [-0.39, 0.29) is 11.9 Å². The Morgan fingerprint density at radius 1 is 1.27 bits per heavy atom. The van der Waals surface area contributed by atoms with E-state index in [1.165, 1.54) is 18.2 Å². The van der Waals surface area contributed by atoms with Crippen LogP contribution in [0.4, 0.5) is 10.1 Å². The summed E-state index contributed by atoms with van der Waals surface area (Å²) >= 11 is 3.18. The van der Waals surface area contributed by atoms with E-state index in [1.807, 2.05) is 0 Å². The Kier molecular flexibility index (Phi) is 3.62. The Hall–Kier alpha value is -1.63. The van der Waals surface area contributed by atoms with E-state index in [0.717, 1.165) is 0 Å². The lowest BCUT2D eigenvalue weighted by atomic mass is 10.3. The number of nitrogens with two attached hydrogens (primary N) is 3. The summed E-state index contributed by atoms with van der Waals surface area (Å²) in [6.45, 7) is 0. The Labute approximate surface area is 94.0 Å². The molecule has 0 radical (unpaired) electrons. The lowest BCUT2D eigenvalue weighted by molar-refractivity contribution is 0.628. The van der Waals surface area contributed by atoms with Gasteiger partial charge in [0, 0.05) is 10.5 Å².